The number of rotatable bonds is 3. The van der Waals surface area contributed by atoms with Crippen LogP contribution in [0.4, 0.5) is 0 Å². The highest BCUT2D eigenvalue weighted by Gasteiger charge is 2.21. The highest BCUT2D eigenvalue weighted by atomic mass is 16.6. The predicted octanol–water partition coefficient (Wildman–Crippen LogP) is 2.67. The van der Waals surface area contributed by atoms with Crippen molar-refractivity contribution < 1.29 is 13.9 Å². The van der Waals surface area contributed by atoms with Crippen LogP contribution in [-0.4, -0.2) is 27.9 Å². The zero-order valence-corrected chi connectivity index (χ0v) is 17.5. The number of carbonyl (C=O) groups excluding carboxylic acids is 1. The van der Waals surface area contributed by atoms with Crippen LogP contribution in [0.15, 0.2) is 36.0 Å². The number of aromatic nitrogens is 3. The molecule has 28 heavy (non-hydrogen) atoms. The van der Waals surface area contributed by atoms with E-state index >= 15 is 0 Å². The van der Waals surface area contributed by atoms with Crippen molar-refractivity contribution in [1.82, 2.24) is 20.8 Å². The highest BCUT2D eigenvalue weighted by Crippen LogP contribution is 2.18. The monoisotopic (exact) mass is 394 g/mol. The lowest BCUT2D eigenvalue weighted by molar-refractivity contribution is -0.117. The predicted molar refractivity (Wildman–Crippen MR) is 105 cm³/mol. The number of hydrogen-bond acceptors (Lipinski definition) is 6. The summed E-state index contributed by atoms with van der Waals surface area (Å²) < 4.78 is 9.11. The second-order valence-corrected chi connectivity index (χ2v) is 7.45. The molecule has 0 unspecified atom stereocenters. The van der Waals surface area contributed by atoms with Crippen molar-refractivity contribution in [3.63, 3.8) is 0 Å². The van der Waals surface area contributed by atoms with Gasteiger partial charge in [0.15, 0.2) is 5.69 Å². The summed E-state index contributed by atoms with van der Waals surface area (Å²) in [6.07, 6.45) is 0. The molecule has 0 bridgehead atoms. The molecule has 0 spiro atoms. The zero-order chi connectivity index (χ0) is 21.4. The van der Waals surface area contributed by atoms with Gasteiger partial charge in [0.05, 0.1) is 0 Å². The van der Waals surface area contributed by atoms with E-state index in [2.05, 4.69) is 25.4 Å². The van der Waals surface area contributed by atoms with Crippen molar-refractivity contribution in [2.45, 2.75) is 60.3 Å². The normalized spacial score (nSPS) is 13.4. The molecule has 156 valence electrons. The van der Waals surface area contributed by atoms with Gasteiger partial charge in [-0.3, -0.25) is 19.0 Å². The Morgan fingerprint density at radius 3 is 1.82 bits per heavy atom. The third kappa shape index (κ3) is 6.71. The molecule has 2 aromatic rings. The van der Waals surface area contributed by atoms with Gasteiger partial charge in [-0.25, -0.2) is 0 Å². The molecule has 0 radical (unpaired) electrons. The minimum atomic E-state index is -0.231. The lowest BCUT2D eigenvalue weighted by Crippen LogP contribution is -2.19. The molecule has 9 nitrogen and oxygen atoms in total. The van der Waals surface area contributed by atoms with Gasteiger partial charge in [-0.1, -0.05) is 46.7 Å². The summed E-state index contributed by atoms with van der Waals surface area (Å²) in [6.45, 7) is 14.5. The van der Waals surface area contributed by atoms with Gasteiger partial charge in [0.1, 0.15) is 5.76 Å². The Labute approximate surface area is 163 Å². The summed E-state index contributed by atoms with van der Waals surface area (Å²) >= 11 is 0. The van der Waals surface area contributed by atoms with E-state index in [0.29, 0.717) is 17.4 Å². The quantitative estimate of drug-likeness (QED) is 0.733. The molecule has 0 aliphatic carbocycles. The summed E-state index contributed by atoms with van der Waals surface area (Å²) in [4.78, 5) is 32.2. The first-order valence-corrected chi connectivity index (χ1v) is 9.25. The molecule has 0 atom stereocenters. The largest absolute Gasteiger partial charge is 0.383 e. The summed E-state index contributed by atoms with van der Waals surface area (Å²) in [5, 5.41) is 10.6. The standard InChI is InChI=1S/C8H13NO.C6H9NO2.C5H8N2O2/c1-5(2)7-6(3)4-9-8(7)10;1-4(2)5-3-6(8)7-9-5;1-3(2)4-5(8)7-9-6-4/h5H,4H2,1-3H3,(H,9,10);3-4H,1-2H3,(H,7,8);3H,1-2H3,(H,7,8). The van der Waals surface area contributed by atoms with Crippen molar-refractivity contribution in [2.24, 2.45) is 5.92 Å². The van der Waals surface area contributed by atoms with Crippen LogP contribution in [0.2, 0.25) is 0 Å². The molecular formula is C19H30N4O5. The summed E-state index contributed by atoms with van der Waals surface area (Å²) in [6, 6.07) is 1.46. The van der Waals surface area contributed by atoms with E-state index in [1.54, 1.807) is 0 Å². The molecule has 0 saturated carbocycles. The molecular weight excluding hydrogens is 364 g/mol. The summed E-state index contributed by atoms with van der Waals surface area (Å²) in [7, 11) is 0. The molecule has 1 aliphatic heterocycles. The molecule has 2 aromatic heterocycles. The van der Waals surface area contributed by atoms with Gasteiger partial charge in [0, 0.05) is 30.0 Å². The van der Waals surface area contributed by atoms with E-state index in [1.807, 2.05) is 48.5 Å². The Balaban J connectivity index is 0.000000210. The van der Waals surface area contributed by atoms with Crippen molar-refractivity contribution in [3.05, 3.63) is 49.4 Å². The van der Waals surface area contributed by atoms with Crippen LogP contribution in [0, 0.1) is 5.92 Å². The van der Waals surface area contributed by atoms with E-state index in [-0.39, 0.29) is 28.9 Å². The number of hydrogen-bond donors (Lipinski definition) is 3. The maximum atomic E-state index is 11.1. The van der Waals surface area contributed by atoms with Gasteiger partial charge >= 0.3 is 5.56 Å². The summed E-state index contributed by atoms with van der Waals surface area (Å²) in [5.74, 6) is 1.60. The Bertz CT molecular complexity index is 896. The molecule has 1 aliphatic rings. The fourth-order valence-corrected chi connectivity index (χ4v) is 2.51. The fraction of sp³-hybridized carbons (Fsp3) is 0.579. The number of aromatic amines is 2. The van der Waals surface area contributed by atoms with Crippen LogP contribution in [0.3, 0.4) is 0 Å². The average Bonchev–Trinajstić information content (AvgIpc) is 3.29. The molecule has 0 fully saturated rings. The van der Waals surface area contributed by atoms with E-state index in [9.17, 15) is 14.4 Å². The third-order valence-electron chi connectivity index (χ3n) is 3.97. The first-order chi connectivity index (χ1) is 13.0. The van der Waals surface area contributed by atoms with Gasteiger partial charge in [-0.05, 0) is 18.4 Å². The van der Waals surface area contributed by atoms with Gasteiger partial charge < -0.3 is 9.84 Å². The van der Waals surface area contributed by atoms with Crippen molar-refractivity contribution in [1.29, 1.82) is 0 Å². The summed E-state index contributed by atoms with van der Waals surface area (Å²) in [5.41, 5.74) is 2.22. The second kappa shape index (κ2) is 10.5. The second-order valence-electron chi connectivity index (χ2n) is 7.45. The topological polar surface area (TPSA) is 134 Å². The Kier molecular flexibility index (Phi) is 8.69. The van der Waals surface area contributed by atoms with Crippen LogP contribution in [0.5, 0.6) is 0 Å². The lowest BCUT2D eigenvalue weighted by atomic mass is 10.0. The molecule has 0 saturated heterocycles. The molecule has 0 aromatic carbocycles. The van der Waals surface area contributed by atoms with Crippen molar-refractivity contribution in [2.75, 3.05) is 6.54 Å². The number of nitrogens with zero attached hydrogens (tertiary/aromatic N) is 1. The van der Waals surface area contributed by atoms with Crippen LogP contribution in [0.25, 0.3) is 0 Å². The van der Waals surface area contributed by atoms with Gasteiger partial charge in [0.2, 0.25) is 5.91 Å². The SMILES string of the molecule is CC(C)c1cc(=O)[nH]o1.CC(C)c1no[nH]c1=O.CC1=C(C(C)C)C(=O)NC1. The van der Waals surface area contributed by atoms with Gasteiger partial charge in [-0.2, -0.15) is 10.3 Å². The average molecular weight is 394 g/mol. The van der Waals surface area contributed by atoms with Gasteiger partial charge in [0.25, 0.3) is 5.56 Å². The van der Waals surface area contributed by atoms with E-state index in [4.69, 9.17) is 4.52 Å². The Morgan fingerprint density at radius 1 is 0.964 bits per heavy atom. The Morgan fingerprint density at radius 2 is 1.61 bits per heavy atom. The third-order valence-corrected chi connectivity index (χ3v) is 3.97. The van der Waals surface area contributed by atoms with Crippen molar-refractivity contribution in [3.8, 4) is 0 Å². The van der Waals surface area contributed by atoms with Crippen molar-refractivity contribution >= 4 is 5.91 Å². The van der Waals surface area contributed by atoms with Crippen LogP contribution < -0.4 is 16.4 Å². The first-order valence-electron chi connectivity index (χ1n) is 9.25. The molecule has 3 N–H and O–H groups in total. The highest BCUT2D eigenvalue weighted by molar-refractivity contribution is 5.97. The van der Waals surface area contributed by atoms with E-state index in [0.717, 1.165) is 12.1 Å². The van der Waals surface area contributed by atoms with Crippen LogP contribution in [0.1, 0.15) is 71.8 Å². The maximum Gasteiger partial charge on any atom is 0.304 e. The molecule has 1 amide bonds. The molecule has 3 heterocycles. The molecule has 9 heteroatoms. The minimum Gasteiger partial charge on any atom is -0.383 e. The number of nitrogens with one attached hydrogen (secondary N) is 3. The lowest BCUT2D eigenvalue weighted by Gasteiger charge is -2.03. The van der Waals surface area contributed by atoms with Crippen LogP contribution in [-0.2, 0) is 4.79 Å². The minimum absolute atomic E-state index is 0.118. The maximum absolute atomic E-state index is 11.1. The number of amides is 1. The number of H-pyrrole nitrogens is 2. The van der Waals surface area contributed by atoms with E-state index in [1.165, 1.54) is 11.6 Å². The van der Waals surface area contributed by atoms with Gasteiger partial charge in [-0.15, -0.1) is 0 Å². The van der Waals surface area contributed by atoms with Crippen LogP contribution >= 0.6 is 0 Å². The Hall–Kier alpha value is -2.84. The molecule has 3 rings (SSSR count). The first kappa shape index (κ1) is 23.2. The zero-order valence-electron chi connectivity index (χ0n) is 17.5. The fourth-order valence-electron chi connectivity index (χ4n) is 2.51. The van der Waals surface area contributed by atoms with E-state index < -0.39 is 0 Å². The smallest absolute Gasteiger partial charge is 0.304 e. The number of carbonyl (C=O) groups is 1.